The molecule has 104 valence electrons. The molecule has 2 heterocycles. The topological polar surface area (TPSA) is 102 Å². The molecule has 0 atom stereocenters. The van der Waals surface area contributed by atoms with Crippen LogP contribution in [0.2, 0.25) is 0 Å². The Kier molecular flexibility index (Phi) is 3.52. The van der Waals surface area contributed by atoms with Gasteiger partial charge in [0.1, 0.15) is 17.9 Å². The average Bonchev–Trinajstić information content (AvgIpc) is 2.76. The molecule has 0 saturated carbocycles. The van der Waals surface area contributed by atoms with Crippen molar-refractivity contribution in [3.63, 3.8) is 0 Å². The lowest BCUT2D eigenvalue weighted by molar-refractivity contribution is -0.385. The quantitative estimate of drug-likeness (QED) is 0.571. The molecule has 1 aliphatic heterocycles. The Morgan fingerprint density at radius 3 is 2.84 bits per heavy atom. The normalized spacial score (nSPS) is 15.9. The minimum Gasteiger partial charge on any atom is -0.354 e. The number of amides is 1. The van der Waals surface area contributed by atoms with Gasteiger partial charge in [-0.25, -0.2) is 0 Å². The highest BCUT2D eigenvalue weighted by molar-refractivity contribution is 5.83. The van der Waals surface area contributed by atoms with Gasteiger partial charge in [-0.15, -0.1) is 0 Å². The fraction of sp³-hybridized carbons (Fsp3) is 0.636. The molecule has 1 aliphatic rings. The van der Waals surface area contributed by atoms with Crippen LogP contribution in [0.5, 0.6) is 0 Å². The molecule has 1 aromatic rings. The largest absolute Gasteiger partial charge is 0.354 e. The number of carbonyl (C=O) groups excluding carboxylic acids is 1. The van der Waals surface area contributed by atoms with Crippen molar-refractivity contribution in [1.29, 1.82) is 0 Å². The van der Waals surface area contributed by atoms with Gasteiger partial charge in [0.2, 0.25) is 5.91 Å². The second-order valence-corrected chi connectivity index (χ2v) is 5.19. The van der Waals surface area contributed by atoms with Crippen LogP contribution in [-0.2, 0) is 10.3 Å². The van der Waals surface area contributed by atoms with Crippen LogP contribution in [0.1, 0.15) is 13.8 Å². The van der Waals surface area contributed by atoms with E-state index in [1.54, 1.807) is 13.8 Å². The maximum absolute atomic E-state index is 12.1. The summed E-state index contributed by atoms with van der Waals surface area (Å²) < 4.78 is 1.32. The van der Waals surface area contributed by atoms with Crippen molar-refractivity contribution in [2.24, 2.45) is 5.92 Å². The van der Waals surface area contributed by atoms with Crippen molar-refractivity contribution >= 4 is 11.6 Å². The van der Waals surface area contributed by atoms with Gasteiger partial charge >= 0.3 is 5.69 Å². The van der Waals surface area contributed by atoms with E-state index in [1.165, 1.54) is 10.9 Å². The van der Waals surface area contributed by atoms with Gasteiger partial charge in [0.25, 0.3) is 0 Å². The van der Waals surface area contributed by atoms with Crippen LogP contribution in [0.15, 0.2) is 12.4 Å². The van der Waals surface area contributed by atoms with E-state index in [2.05, 4.69) is 15.7 Å². The van der Waals surface area contributed by atoms with Crippen molar-refractivity contribution in [3.05, 3.63) is 22.5 Å². The summed E-state index contributed by atoms with van der Waals surface area (Å²) in [6, 6.07) is 0. The fourth-order valence-electron chi connectivity index (χ4n) is 1.76. The monoisotopic (exact) mass is 267 g/mol. The van der Waals surface area contributed by atoms with Gasteiger partial charge in [0, 0.05) is 25.6 Å². The highest BCUT2D eigenvalue weighted by Crippen LogP contribution is 2.18. The molecule has 1 fully saturated rings. The second kappa shape index (κ2) is 4.96. The van der Waals surface area contributed by atoms with Gasteiger partial charge in [-0.05, 0) is 13.8 Å². The van der Waals surface area contributed by atoms with E-state index < -0.39 is 10.5 Å². The highest BCUT2D eigenvalue weighted by Gasteiger charge is 2.32. The lowest BCUT2D eigenvalue weighted by atomic mass is 10.0. The van der Waals surface area contributed by atoms with Crippen LogP contribution < -0.4 is 10.6 Å². The molecule has 0 bridgehead atoms. The first kappa shape index (κ1) is 13.5. The zero-order chi connectivity index (χ0) is 14.0. The van der Waals surface area contributed by atoms with E-state index in [-0.39, 0.29) is 11.6 Å². The smallest absolute Gasteiger partial charge is 0.307 e. The molecular weight excluding hydrogens is 250 g/mol. The fourth-order valence-corrected chi connectivity index (χ4v) is 1.76. The van der Waals surface area contributed by atoms with E-state index in [4.69, 9.17) is 0 Å². The maximum Gasteiger partial charge on any atom is 0.307 e. The number of aromatic nitrogens is 2. The molecule has 8 nitrogen and oxygen atoms in total. The van der Waals surface area contributed by atoms with Gasteiger partial charge in [-0.3, -0.25) is 19.6 Å². The van der Waals surface area contributed by atoms with E-state index in [9.17, 15) is 14.9 Å². The second-order valence-electron chi connectivity index (χ2n) is 5.19. The van der Waals surface area contributed by atoms with Crippen molar-refractivity contribution in [2.75, 3.05) is 19.6 Å². The summed E-state index contributed by atoms with van der Waals surface area (Å²) in [6.45, 7) is 5.79. The Morgan fingerprint density at radius 1 is 1.68 bits per heavy atom. The van der Waals surface area contributed by atoms with Crippen LogP contribution in [0.25, 0.3) is 0 Å². The molecule has 2 N–H and O–H groups in total. The summed E-state index contributed by atoms with van der Waals surface area (Å²) >= 11 is 0. The SMILES string of the molecule is CC(C)(C(=O)NCC1CNC1)n1cc([N+](=O)[O-])cn1. The number of nitrogens with zero attached hydrogens (tertiary/aromatic N) is 3. The maximum atomic E-state index is 12.1. The van der Waals surface area contributed by atoms with Crippen LogP contribution in [0.4, 0.5) is 5.69 Å². The van der Waals surface area contributed by atoms with Gasteiger partial charge in [-0.1, -0.05) is 0 Å². The molecule has 19 heavy (non-hydrogen) atoms. The summed E-state index contributed by atoms with van der Waals surface area (Å²) in [5.41, 5.74) is -1.07. The Balaban J connectivity index is 2.01. The molecule has 8 heteroatoms. The first-order chi connectivity index (χ1) is 8.91. The number of rotatable bonds is 5. The molecule has 0 aromatic carbocycles. The highest BCUT2D eigenvalue weighted by atomic mass is 16.6. The Morgan fingerprint density at radius 2 is 2.37 bits per heavy atom. The third kappa shape index (κ3) is 2.73. The molecule has 1 amide bonds. The Labute approximate surface area is 110 Å². The first-order valence-electron chi connectivity index (χ1n) is 6.10. The Bertz CT molecular complexity index is 492. The van der Waals surface area contributed by atoms with Crippen LogP contribution >= 0.6 is 0 Å². The van der Waals surface area contributed by atoms with Crippen molar-refractivity contribution in [1.82, 2.24) is 20.4 Å². The van der Waals surface area contributed by atoms with Gasteiger partial charge in [0.05, 0.1) is 4.92 Å². The van der Waals surface area contributed by atoms with E-state index in [1.807, 2.05) is 0 Å². The number of hydrogen-bond acceptors (Lipinski definition) is 5. The van der Waals surface area contributed by atoms with Crippen molar-refractivity contribution in [3.8, 4) is 0 Å². The van der Waals surface area contributed by atoms with E-state index in [0.29, 0.717) is 12.5 Å². The molecule has 0 unspecified atom stereocenters. The zero-order valence-electron chi connectivity index (χ0n) is 10.9. The summed E-state index contributed by atoms with van der Waals surface area (Å²) in [4.78, 5) is 22.2. The summed E-state index contributed by atoms with van der Waals surface area (Å²) in [5.74, 6) is 0.268. The van der Waals surface area contributed by atoms with Crippen LogP contribution in [0.3, 0.4) is 0 Å². The lowest BCUT2D eigenvalue weighted by Crippen LogP contribution is -2.52. The van der Waals surface area contributed by atoms with Crippen molar-refractivity contribution in [2.45, 2.75) is 19.4 Å². The molecule has 0 radical (unpaired) electrons. The van der Waals surface area contributed by atoms with E-state index in [0.717, 1.165) is 19.3 Å². The number of nitrogens with one attached hydrogen (secondary N) is 2. The zero-order valence-corrected chi connectivity index (χ0v) is 10.9. The number of hydrogen-bond donors (Lipinski definition) is 2. The standard InChI is InChI=1S/C11H17N5O3/c1-11(2,10(17)13-5-8-3-12-4-8)15-7-9(6-14-15)16(18)19/h6-8,12H,3-5H2,1-2H3,(H,13,17). The minimum atomic E-state index is -0.953. The van der Waals surface area contributed by atoms with Crippen LogP contribution in [0, 0.1) is 16.0 Å². The van der Waals surface area contributed by atoms with Crippen LogP contribution in [-0.4, -0.2) is 40.2 Å². The summed E-state index contributed by atoms with van der Waals surface area (Å²) in [6.07, 6.45) is 2.41. The summed E-state index contributed by atoms with van der Waals surface area (Å²) in [5, 5.41) is 20.5. The molecule has 2 rings (SSSR count). The third-order valence-corrected chi connectivity index (χ3v) is 3.33. The molecule has 0 spiro atoms. The lowest BCUT2D eigenvalue weighted by Gasteiger charge is -2.30. The molecule has 0 aliphatic carbocycles. The third-order valence-electron chi connectivity index (χ3n) is 3.33. The molecule has 1 aromatic heterocycles. The predicted molar refractivity (Wildman–Crippen MR) is 67.6 cm³/mol. The molecular formula is C11H17N5O3. The number of carbonyl (C=O) groups is 1. The average molecular weight is 267 g/mol. The van der Waals surface area contributed by atoms with E-state index >= 15 is 0 Å². The number of nitro groups is 1. The van der Waals surface area contributed by atoms with Gasteiger partial charge in [0.15, 0.2) is 0 Å². The van der Waals surface area contributed by atoms with Crippen molar-refractivity contribution < 1.29 is 9.72 Å². The van der Waals surface area contributed by atoms with Gasteiger partial charge in [-0.2, -0.15) is 5.10 Å². The summed E-state index contributed by atoms with van der Waals surface area (Å²) in [7, 11) is 0. The molecule has 1 saturated heterocycles. The predicted octanol–water partition coefficient (Wildman–Crippen LogP) is -0.138. The first-order valence-corrected chi connectivity index (χ1v) is 6.10. The van der Waals surface area contributed by atoms with Gasteiger partial charge < -0.3 is 10.6 Å². The minimum absolute atomic E-state index is 0.121. The Hall–Kier alpha value is -1.96.